The number of nitrogens with one attached hydrogen (secondary N) is 1. The first-order valence-corrected chi connectivity index (χ1v) is 11.3. The molecule has 32 heavy (non-hydrogen) atoms. The lowest BCUT2D eigenvalue weighted by molar-refractivity contribution is 0.281. The van der Waals surface area contributed by atoms with Gasteiger partial charge in [0, 0.05) is 6.54 Å². The molecule has 5 nitrogen and oxygen atoms in total. The van der Waals surface area contributed by atoms with Gasteiger partial charge in [-0.1, -0.05) is 30.3 Å². The van der Waals surface area contributed by atoms with Crippen molar-refractivity contribution in [3.05, 3.63) is 81.3 Å². The fourth-order valence-electron chi connectivity index (χ4n) is 3.44. The summed E-state index contributed by atoms with van der Waals surface area (Å²) in [5.41, 5.74) is 4.67. The van der Waals surface area contributed by atoms with E-state index in [1.54, 1.807) is 21.3 Å². The Hall–Kier alpha value is -2.70. The van der Waals surface area contributed by atoms with Gasteiger partial charge < -0.3 is 24.3 Å². The van der Waals surface area contributed by atoms with Crippen molar-refractivity contribution in [1.29, 1.82) is 0 Å². The van der Waals surface area contributed by atoms with Crippen molar-refractivity contribution < 1.29 is 18.9 Å². The number of methoxy groups -OCH3 is 3. The molecule has 3 rings (SSSR count). The zero-order chi connectivity index (χ0) is 22.9. The fourth-order valence-corrected chi connectivity index (χ4v) is 4.04. The average Bonchev–Trinajstić information content (AvgIpc) is 2.81. The van der Waals surface area contributed by atoms with Gasteiger partial charge in [0.05, 0.1) is 25.8 Å². The largest absolute Gasteiger partial charge is 0.493 e. The molecule has 3 aromatic carbocycles. The Morgan fingerprint density at radius 3 is 2.25 bits per heavy atom. The number of aryl methyl sites for hydroxylation is 1. The highest BCUT2D eigenvalue weighted by Gasteiger charge is 2.13. The summed E-state index contributed by atoms with van der Waals surface area (Å²) in [7, 11) is 4.96. The zero-order valence-corrected chi connectivity index (χ0v) is 20.6. The summed E-state index contributed by atoms with van der Waals surface area (Å²) >= 11 is 3.65. The van der Waals surface area contributed by atoms with E-state index >= 15 is 0 Å². The Bertz CT molecular complexity index is 1040. The molecule has 0 amide bonds. The highest BCUT2D eigenvalue weighted by molar-refractivity contribution is 9.10. The molecule has 0 unspecified atom stereocenters. The molecule has 1 N–H and O–H groups in total. The summed E-state index contributed by atoms with van der Waals surface area (Å²) in [6.45, 7) is 4.13. The van der Waals surface area contributed by atoms with Gasteiger partial charge in [-0.25, -0.2) is 0 Å². The molecule has 0 bridgehead atoms. The first-order chi connectivity index (χ1) is 15.5. The molecule has 0 aliphatic heterocycles. The summed E-state index contributed by atoms with van der Waals surface area (Å²) in [4.78, 5) is 0. The number of rotatable bonds is 11. The van der Waals surface area contributed by atoms with Gasteiger partial charge in [-0.2, -0.15) is 0 Å². The maximum Gasteiger partial charge on any atom is 0.175 e. The minimum Gasteiger partial charge on any atom is -0.493 e. The lowest BCUT2D eigenvalue weighted by Gasteiger charge is -2.16. The Morgan fingerprint density at radius 1 is 0.812 bits per heavy atom. The first kappa shape index (κ1) is 24.0. The van der Waals surface area contributed by atoms with Crippen molar-refractivity contribution in [2.24, 2.45) is 0 Å². The van der Waals surface area contributed by atoms with E-state index < -0.39 is 0 Å². The normalized spacial score (nSPS) is 10.7. The smallest absolute Gasteiger partial charge is 0.175 e. The van der Waals surface area contributed by atoms with Crippen LogP contribution in [0.2, 0.25) is 0 Å². The molecule has 0 aliphatic rings. The van der Waals surface area contributed by atoms with Crippen molar-refractivity contribution in [3.8, 4) is 23.0 Å². The predicted molar refractivity (Wildman–Crippen MR) is 131 cm³/mol. The van der Waals surface area contributed by atoms with Crippen LogP contribution in [0.4, 0.5) is 0 Å². The van der Waals surface area contributed by atoms with Crippen LogP contribution in [0.5, 0.6) is 23.0 Å². The third kappa shape index (κ3) is 6.17. The van der Waals surface area contributed by atoms with E-state index in [1.807, 2.05) is 30.3 Å². The maximum atomic E-state index is 6.09. The molecule has 0 atom stereocenters. The molecule has 170 valence electrons. The van der Waals surface area contributed by atoms with Gasteiger partial charge in [-0.15, -0.1) is 0 Å². The number of benzene rings is 3. The van der Waals surface area contributed by atoms with Crippen molar-refractivity contribution in [1.82, 2.24) is 5.32 Å². The molecule has 0 saturated carbocycles. The van der Waals surface area contributed by atoms with E-state index in [0.717, 1.165) is 46.6 Å². The second-order valence-corrected chi connectivity index (χ2v) is 8.29. The minimum absolute atomic E-state index is 0.491. The molecule has 0 aliphatic carbocycles. The molecule has 3 aromatic rings. The molecule has 6 heteroatoms. The van der Waals surface area contributed by atoms with E-state index in [0.29, 0.717) is 18.1 Å². The van der Waals surface area contributed by atoms with Gasteiger partial charge >= 0.3 is 0 Å². The highest BCUT2D eigenvalue weighted by Crippen LogP contribution is 2.37. The molecule has 0 saturated heterocycles. The first-order valence-electron chi connectivity index (χ1n) is 10.5. The second kappa shape index (κ2) is 11.8. The predicted octanol–water partition coefficient (Wildman–Crippen LogP) is 5.69. The lowest BCUT2D eigenvalue weighted by Crippen LogP contribution is -2.17. The van der Waals surface area contributed by atoms with Crippen LogP contribution in [-0.2, 0) is 19.6 Å². The van der Waals surface area contributed by atoms with Crippen LogP contribution < -0.4 is 24.3 Å². The molecule has 0 fully saturated rings. The van der Waals surface area contributed by atoms with Crippen molar-refractivity contribution in [2.45, 2.75) is 26.5 Å². The summed E-state index contributed by atoms with van der Waals surface area (Å²) < 4.78 is 23.2. The summed E-state index contributed by atoms with van der Waals surface area (Å²) in [5.74, 6) is 2.92. The lowest BCUT2D eigenvalue weighted by atomic mass is 10.1. The van der Waals surface area contributed by atoms with Crippen LogP contribution in [0.25, 0.3) is 0 Å². The van der Waals surface area contributed by atoms with Gasteiger partial charge in [0.15, 0.2) is 23.0 Å². The topological polar surface area (TPSA) is 49.0 Å². The van der Waals surface area contributed by atoms with Gasteiger partial charge in [-0.05, 0) is 82.3 Å². The van der Waals surface area contributed by atoms with E-state index in [9.17, 15) is 0 Å². The zero-order valence-electron chi connectivity index (χ0n) is 19.0. The summed E-state index contributed by atoms with van der Waals surface area (Å²) in [5, 5.41) is 3.49. The Balaban J connectivity index is 1.58. The summed E-state index contributed by atoms with van der Waals surface area (Å²) in [6.07, 6.45) is 0.885. The van der Waals surface area contributed by atoms with Crippen LogP contribution >= 0.6 is 15.9 Å². The van der Waals surface area contributed by atoms with Gasteiger partial charge in [-0.3, -0.25) is 0 Å². The highest BCUT2D eigenvalue weighted by atomic mass is 79.9. The van der Waals surface area contributed by atoms with Crippen LogP contribution in [0.15, 0.2) is 59.1 Å². The monoisotopic (exact) mass is 499 g/mol. The number of hydrogen-bond acceptors (Lipinski definition) is 5. The van der Waals surface area contributed by atoms with Gasteiger partial charge in [0.2, 0.25) is 0 Å². The standard InChI is InChI=1S/C26H30BrNO4/c1-18-7-5-6-8-21(18)17-32-26-22(27)13-20(15-25(26)31-4)16-28-12-11-19-9-10-23(29-2)24(14-19)30-3/h5-10,13-15,28H,11-12,16-17H2,1-4H3. The Labute approximate surface area is 198 Å². The third-order valence-electron chi connectivity index (χ3n) is 5.29. The van der Waals surface area contributed by atoms with Crippen molar-refractivity contribution >= 4 is 15.9 Å². The van der Waals surface area contributed by atoms with E-state index in [2.05, 4.69) is 52.4 Å². The van der Waals surface area contributed by atoms with E-state index in [-0.39, 0.29) is 0 Å². The number of hydrogen-bond donors (Lipinski definition) is 1. The minimum atomic E-state index is 0.491. The van der Waals surface area contributed by atoms with Crippen LogP contribution in [0.1, 0.15) is 22.3 Å². The molecule has 0 aromatic heterocycles. The second-order valence-electron chi connectivity index (χ2n) is 7.44. The molecule has 0 radical (unpaired) electrons. The van der Waals surface area contributed by atoms with Crippen LogP contribution in [0, 0.1) is 6.92 Å². The van der Waals surface area contributed by atoms with Gasteiger partial charge in [0.1, 0.15) is 6.61 Å². The third-order valence-corrected chi connectivity index (χ3v) is 5.88. The van der Waals surface area contributed by atoms with Gasteiger partial charge in [0.25, 0.3) is 0 Å². The van der Waals surface area contributed by atoms with E-state index in [1.165, 1.54) is 11.1 Å². The SMILES string of the molecule is COc1ccc(CCNCc2cc(Br)c(OCc3ccccc3C)c(OC)c2)cc1OC. The average molecular weight is 500 g/mol. The molecule has 0 heterocycles. The van der Waals surface area contributed by atoms with E-state index in [4.69, 9.17) is 18.9 Å². The fraction of sp³-hybridized carbons (Fsp3) is 0.308. The Kier molecular flexibility index (Phi) is 8.82. The molecule has 0 spiro atoms. The summed E-state index contributed by atoms with van der Waals surface area (Å²) in [6, 6.07) is 18.3. The maximum absolute atomic E-state index is 6.09. The van der Waals surface area contributed by atoms with Crippen molar-refractivity contribution in [3.63, 3.8) is 0 Å². The van der Waals surface area contributed by atoms with Crippen LogP contribution in [-0.4, -0.2) is 27.9 Å². The molecular formula is C26H30BrNO4. The van der Waals surface area contributed by atoms with Crippen molar-refractivity contribution in [2.75, 3.05) is 27.9 Å². The number of ether oxygens (including phenoxy) is 4. The number of halogens is 1. The Morgan fingerprint density at radius 2 is 1.53 bits per heavy atom. The molecular weight excluding hydrogens is 470 g/mol. The quantitative estimate of drug-likeness (QED) is 0.343. The van der Waals surface area contributed by atoms with Crippen LogP contribution in [0.3, 0.4) is 0 Å².